The molecular weight excluding hydrogens is 306 g/mol. The molecule has 1 amide bonds. The molecule has 0 radical (unpaired) electrons. The molecule has 1 aromatic heterocycles. The first-order chi connectivity index (χ1) is 9.21. The fourth-order valence-corrected chi connectivity index (χ4v) is 3.80. The number of rotatable bonds is 1. The zero-order valence-electron chi connectivity index (χ0n) is 11.0. The maximum Gasteiger partial charge on any atom is 0.270 e. The van der Waals surface area contributed by atoms with Crippen LogP contribution in [0.15, 0.2) is 16.7 Å². The van der Waals surface area contributed by atoms with Gasteiger partial charge >= 0.3 is 0 Å². The number of hydrogen-bond donors (Lipinski definition) is 2. The monoisotopic (exact) mass is 325 g/mol. The van der Waals surface area contributed by atoms with Crippen LogP contribution in [0.1, 0.15) is 42.6 Å². The van der Waals surface area contributed by atoms with Crippen molar-refractivity contribution >= 4 is 21.8 Å². The quantitative estimate of drug-likeness (QED) is 0.833. The van der Waals surface area contributed by atoms with Gasteiger partial charge in [-0.3, -0.25) is 4.79 Å². The molecule has 2 heterocycles. The van der Waals surface area contributed by atoms with Gasteiger partial charge < -0.3 is 15.2 Å². The van der Waals surface area contributed by atoms with E-state index >= 15 is 0 Å². The third-order valence-electron chi connectivity index (χ3n) is 4.45. The van der Waals surface area contributed by atoms with Gasteiger partial charge in [0, 0.05) is 30.3 Å². The Morgan fingerprint density at radius 1 is 1.32 bits per heavy atom. The molecule has 2 fully saturated rings. The zero-order chi connectivity index (χ0) is 13.3. The number of aromatic amines is 1. The molecule has 5 heteroatoms. The fourth-order valence-electron chi connectivity index (χ4n) is 3.45. The molecule has 4 nitrogen and oxygen atoms in total. The Morgan fingerprint density at radius 2 is 2.11 bits per heavy atom. The predicted molar refractivity (Wildman–Crippen MR) is 78.2 cm³/mol. The molecule has 19 heavy (non-hydrogen) atoms. The van der Waals surface area contributed by atoms with Crippen molar-refractivity contribution in [3.63, 3.8) is 0 Å². The molecule has 2 N–H and O–H groups in total. The number of nitrogens with one attached hydrogen (secondary N) is 2. The van der Waals surface area contributed by atoms with Crippen molar-refractivity contribution in [2.75, 3.05) is 19.6 Å². The zero-order valence-corrected chi connectivity index (χ0v) is 12.6. The molecule has 1 saturated heterocycles. The van der Waals surface area contributed by atoms with Crippen LogP contribution in [0.5, 0.6) is 0 Å². The summed E-state index contributed by atoms with van der Waals surface area (Å²) in [5.74, 6) is 0.147. The molecular formula is C14H20BrN3O. The largest absolute Gasteiger partial charge is 0.356 e. The minimum Gasteiger partial charge on any atom is -0.356 e. The maximum absolute atomic E-state index is 12.7. The highest BCUT2D eigenvalue weighted by atomic mass is 79.9. The number of hydrogen-bond acceptors (Lipinski definition) is 2. The molecule has 0 bridgehead atoms. The van der Waals surface area contributed by atoms with Crippen molar-refractivity contribution in [2.45, 2.75) is 37.6 Å². The van der Waals surface area contributed by atoms with Gasteiger partial charge in [-0.05, 0) is 34.8 Å². The second-order valence-electron chi connectivity index (χ2n) is 5.65. The summed E-state index contributed by atoms with van der Waals surface area (Å²) < 4.78 is 0.934. The molecule has 0 unspecified atom stereocenters. The third-order valence-corrected chi connectivity index (χ3v) is 4.90. The van der Waals surface area contributed by atoms with E-state index in [9.17, 15) is 4.79 Å². The van der Waals surface area contributed by atoms with Crippen LogP contribution in [-0.2, 0) is 0 Å². The van der Waals surface area contributed by atoms with Gasteiger partial charge in [-0.1, -0.05) is 19.3 Å². The summed E-state index contributed by atoms with van der Waals surface area (Å²) >= 11 is 3.40. The van der Waals surface area contributed by atoms with Gasteiger partial charge in [0.1, 0.15) is 5.69 Å². The minimum atomic E-state index is 0.0468. The first-order valence-electron chi connectivity index (χ1n) is 7.08. The summed E-state index contributed by atoms with van der Waals surface area (Å²) in [6.45, 7) is 2.66. The molecule has 3 rings (SSSR count). The van der Waals surface area contributed by atoms with Gasteiger partial charge in [0.25, 0.3) is 5.91 Å². The lowest BCUT2D eigenvalue weighted by Gasteiger charge is -2.49. The lowest BCUT2D eigenvalue weighted by molar-refractivity contribution is 0.0218. The lowest BCUT2D eigenvalue weighted by Crippen LogP contribution is -2.63. The highest BCUT2D eigenvalue weighted by molar-refractivity contribution is 9.10. The van der Waals surface area contributed by atoms with Crippen LogP contribution in [0.3, 0.4) is 0 Å². The van der Waals surface area contributed by atoms with Crippen molar-refractivity contribution in [1.82, 2.24) is 15.2 Å². The van der Waals surface area contributed by atoms with Gasteiger partial charge in [0.05, 0.1) is 5.54 Å². The number of halogens is 1. The highest BCUT2D eigenvalue weighted by Gasteiger charge is 2.42. The SMILES string of the molecule is O=C(c1cc(Br)c[nH]1)N1CCNCC12CCCCC2. The molecule has 1 aromatic rings. The van der Waals surface area contributed by atoms with Crippen LogP contribution in [0.25, 0.3) is 0 Å². The summed E-state index contributed by atoms with van der Waals surface area (Å²) in [5, 5.41) is 3.47. The fraction of sp³-hybridized carbons (Fsp3) is 0.643. The molecule has 0 atom stereocenters. The average molecular weight is 326 g/mol. The Hall–Kier alpha value is -0.810. The smallest absolute Gasteiger partial charge is 0.270 e. The van der Waals surface area contributed by atoms with Crippen molar-refractivity contribution in [3.05, 3.63) is 22.4 Å². The average Bonchev–Trinajstić information content (AvgIpc) is 2.86. The highest BCUT2D eigenvalue weighted by Crippen LogP contribution is 2.35. The number of carbonyl (C=O) groups is 1. The molecule has 0 aromatic carbocycles. The normalized spacial score (nSPS) is 22.7. The van der Waals surface area contributed by atoms with Crippen molar-refractivity contribution in [3.8, 4) is 0 Å². The first kappa shape index (κ1) is 13.2. The predicted octanol–water partition coefficient (Wildman–Crippen LogP) is 2.53. The molecule has 1 saturated carbocycles. The van der Waals surface area contributed by atoms with E-state index < -0.39 is 0 Å². The molecule has 2 aliphatic rings. The Labute approximate surface area is 122 Å². The van der Waals surface area contributed by atoms with Crippen LogP contribution in [-0.4, -0.2) is 41.0 Å². The second kappa shape index (κ2) is 5.29. The molecule has 1 aliphatic carbocycles. The van der Waals surface area contributed by atoms with E-state index in [4.69, 9.17) is 0 Å². The standard InChI is InChI=1S/C14H20BrN3O/c15-11-8-12(17-9-11)13(19)18-7-6-16-10-14(18)4-2-1-3-5-14/h8-9,16-17H,1-7,10H2. The first-order valence-corrected chi connectivity index (χ1v) is 7.87. The van der Waals surface area contributed by atoms with Gasteiger partial charge in [0.15, 0.2) is 0 Å². The second-order valence-corrected chi connectivity index (χ2v) is 6.57. The summed E-state index contributed by atoms with van der Waals surface area (Å²) in [6.07, 6.45) is 7.86. The summed E-state index contributed by atoms with van der Waals surface area (Å²) in [7, 11) is 0. The summed E-state index contributed by atoms with van der Waals surface area (Å²) in [6, 6.07) is 1.88. The van der Waals surface area contributed by atoms with Gasteiger partial charge in [-0.15, -0.1) is 0 Å². The summed E-state index contributed by atoms with van der Waals surface area (Å²) in [4.78, 5) is 17.9. The molecule has 104 valence electrons. The Morgan fingerprint density at radius 3 is 2.79 bits per heavy atom. The van der Waals surface area contributed by atoms with Gasteiger partial charge in [-0.25, -0.2) is 0 Å². The van der Waals surface area contributed by atoms with E-state index in [1.54, 1.807) is 0 Å². The van der Waals surface area contributed by atoms with Crippen molar-refractivity contribution in [2.24, 2.45) is 0 Å². The lowest BCUT2D eigenvalue weighted by atomic mass is 9.79. The van der Waals surface area contributed by atoms with E-state index in [0.29, 0.717) is 5.69 Å². The van der Waals surface area contributed by atoms with Crippen LogP contribution >= 0.6 is 15.9 Å². The molecule has 1 spiro atoms. The van der Waals surface area contributed by atoms with Crippen LogP contribution in [0, 0.1) is 0 Å². The van der Waals surface area contributed by atoms with Crippen molar-refractivity contribution in [1.29, 1.82) is 0 Å². The van der Waals surface area contributed by atoms with Gasteiger partial charge in [0.2, 0.25) is 0 Å². The van der Waals surface area contributed by atoms with E-state index in [1.165, 1.54) is 19.3 Å². The van der Waals surface area contributed by atoms with E-state index in [1.807, 2.05) is 12.3 Å². The van der Waals surface area contributed by atoms with Crippen LogP contribution in [0.4, 0.5) is 0 Å². The Kier molecular flexibility index (Phi) is 3.67. The van der Waals surface area contributed by atoms with E-state index in [0.717, 1.165) is 36.9 Å². The molecule has 1 aliphatic heterocycles. The number of nitrogens with zero attached hydrogens (tertiary/aromatic N) is 1. The van der Waals surface area contributed by atoms with Gasteiger partial charge in [-0.2, -0.15) is 0 Å². The minimum absolute atomic E-state index is 0.0468. The Bertz CT molecular complexity index is 457. The van der Waals surface area contributed by atoms with Crippen molar-refractivity contribution < 1.29 is 4.79 Å². The summed E-state index contributed by atoms with van der Waals surface area (Å²) in [5.41, 5.74) is 0.740. The number of amides is 1. The van der Waals surface area contributed by atoms with E-state index in [2.05, 4.69) is 31.1 Å². The van der Waals surface area contributed by atoms with Crippen LogP contribution in [0.2, 0.25) is 0 Å². The number of piperazine rings is 1. The third kappa shape index (κ3) is 2.46. The maximum atomic E-state index is 12.7. The number of aromatic nitrogens is 1. The number of carbonyl (C=O) groups excluding carboxylic acids is 1. The van der Waals surface area contributed by atoms with Crippen LogP contribution < -0.4 is 5.32 Å². The number of H-pyrrole nitrogens is 1. The topological polar surface area (TPSA) is 48.1 Å². The Balaban J connectivity index is 1.85. The van der Waals surface area contributed by atoms with E-state index in [-0.39, 0.29) is 11.4 Å².